The Kier molecular flexibility index (Phi) is 5.08. The second kappa shape index (κ2) is 7.43. The molecule has 1 aliphatic carbocycles. The maximum atomic E-state index is 12.2. The summed E-state index contributed by atoms with van der Waals surface area (Å²) in [7, 11) is 0. The highest BCUT2D eigenvalue weighted by Gasteiger charge is 2.28. The molecule has 7 nitrogen and oxygen atoms in total. The van der Waals surface area contributed by atoms with Gasteiger partial charge in [0, 0.05) is 12.6 Å². The first kappa shape index (κ1) is 17.1. The number of carboxylic acid groups (broad SMARTS) is 1. The van der Waals surface area contributed by atoms with Crippen molar-refractivity contribution in [2.24, 2.45) is 5.92 Å². The fourth-order valence-electron chi connectivity index (χ4n) is 3.60. The molecule has 1 aromatic carbocycles. The van der Waals surface area contributed by atoms with Crippen molar-refractivity contribution in [2.45, 2.75) is 38.1 Å². The van der Waals surface area contributed by atoms with Gasteiger partial charge in [-0.15, -0.1) is 0 Å². The first-order chi connectivity index (χ1) is 12.1. The Bertz CT molecular complexity index is 705. The molecule has 0 atom stereocenters. The van der Waals surface area contributed by atoms with Gasteiger partial charge in [0.25, 0.3) is 5.91 Å². The average Bonchev–Trinajstić information content (AvgIpc) is 2.61. The van der Waals surface area contributed by atoms with Gasteiger partial charge in [0.1, 0.15) is 5.75 Å². The zero-order valence-electron chi connectivity index (χ0n) is 13.9. The van der Waals surface area contributed by atoms with E-state index in [0.29, 0.717) is 29.5 Å². The van der Waals surface area contributed by atoms with E-state index in [9.17, 15) is 9.59 Å². The van der Waals surface area contributed by atoms with E-state index < -0.39 is 6.09 Å². The smallest absolute Gasteiger partial charge is 0.404 e. The number of carbonyl (C=O) groups excluding carboxylic acids is 1. The van der Waals surface area contributed by atoms with Crippen LogP contribution in [0.15, 0.2) is 18.2 Å². The van der Waals surface area contributed by atoms with Crippen LogP contribution in [0.3, 0.4) is 0 Å². The van der Waals surface area contributed by atoms with Crippen LogP contribution in [-0.2, 0) is 4.79 Å². The molecule has 1 heterocycles. The van der Waals surface area contributed by atoms with Crippen molar-refractivity contribution in [3.8, 4) is 11.8 Å². The van der Waals surface area contributed by atoms with Crippen molar-refractivity contribution < 1.29 is 19.4 Å². The van der Waals surface area contributed by atoms with Gasteiger partial charge in [0.05, 0.1) is 17.3 Å². The van der Waals surface area contributed by atoms with E-state index in [4.69, 9.17) is 15.1 Å². The molecule has 0 bridgehead atoms. The Hall–Kier alpha value is -2.75. The Balaban J connectivity index is 1.60. The third-order valence-corrected chi connectivity index (χ3v) is 4.97. The highest BCUT2D eigenvalue weighted by atomic mass is 16.5. The van der Waals surface area contributed by atoms with Crippen LogP contribution in [0, 0.1) is 17.2 Å². The van der Waals surface area contributed by atoms with Crippen LogP contribution in [0.1, 0.15) is 37.7 Å². The van der Waals surface area contributed by atoms with Gasteiger partial charge in [0.2, 0.25) is 0 Å². The number of anilines is 1. The second-order valence-corrected chi connectivity index (χ2v) is 6.58. The minimum atomic E-state index is -0.965. The summed E-state index contributed by atoms with van der Waals surface area (Å²) in [6.45, 7) is 0.611. The molecule has 25 heavy (non-hydrogen) atoms. The number of hydrogen-bond acceptors (Lipinski definition) is 4. The molecule has 0 aromatic heterocycles. The molecular weight excluding hydrogens is 322 g/mol. The van der Waals surface area contributed by atoms with Crippen molar-refractivity contribution in [3.63, 3.8) is 0 Å². The fourth-order valence-corrected chi connectivity index (χ4v) is 3.60. The zero-order chi connectivity index (χ0) is 17.8. The summed E-state index contributed by atoms with van der Waals surface area (Å²) < 4.78 is 5.44. The molecule has 0 unspecified atom stereocenters. The SMILES string of the molecule is N#Cc1ccc2c(c1)N(CCC1CCC(NC(=O)O)CC1)C(=O)CO2. The molecule has 132 valence electrons. The lowest BCUT2D eigenvalue weighted by Crippen LogP contribution is -2.41. The van der Waals surface area contributed by atoms with Gasteiger partial charge in [-0.05, 0) is 56.2 Å². The molecule has 1 aromatic rings. The minimum absolute atomic E-state index is 0.0220. The van der Waals surface area contributed by atoms with Crippen LogP contribution in [-0.4, -0.2) is 36.3 Å². The topological polar surface area (TPSA) is 103 Å². The van der Waals surface area contributed by atoms with E-state index in [1.807, 2.05) is 0 Å². The Morgan fingerprint density at radius 3 is 2.80 bits per heavy atom. The van der Waals surface area contributed by atoms with Gasteiger partial charge in [-0.1, -0.05) is 0 Å². The van der Waals surface area contributed by atoms with E-state index in [1.165, 1.54) is 0 Å². The van der Waals surface area contributed by atoms with Crippen LogP contribution in [0.5, 0.6) is 5.75 Å². The fraction of sp³-hybridized carbons (Fsp3) is 0.500. The third-order valence-electron chi connectivity index (χ3n) is 4.97. The van der Waals surface area contributed by atoms with Crippen LogP contribution < -0.4 is 15.0 Å². The lowest BCUT2D eigenvalue weighted by atomic mass is 9.84. The number of amides is 2. The summed E-state index contributed by atoms with van der Waals surface area (Å²) in [6, 6.07) is 7.24. The zero-order valence-corrected chi connectivity index (χ0v) is 13.9. The van der Waals surface area contributed by atoms with E-state index in [0.717, 1.165) is 32.1 Å². The number of nitrogens with one attached hydrogen (secondary N) is 1. The lowest BCUT2D eigenvalue weighted by Gasteiger charge is -2.33. The van der Waals surface area contributed by atoms with E-state index in [-0.39, 0.29) is 18.6 Å². The Labute approximate surface area is 146 Å². The number of fused-ring (bicyclic) bond motifs is 1. The molecular formula is C18H21N3O4. The molecule has 0 radical (unpaired) electrons. The lowest BCUT2D eigenvalue weighted by molar-refractivity contribution is -0.121. The number of benzene rings is 1. The van der Waals surface area contributed by atoms with Crippen molar-refractivity contribution in [3.05, 3.63) is 23.8 Å². The molecule has 0 saturated heterocycles. The summed E-state index contributed by atoms with van der Waals surface area (Å²) >= 11 is 0. The quantitative estimate of drug-likeness (QED) is 0.874. The van der Waals surface area contributed by atoms with Crippen molar-refractivity contribution in [1.82, 2.24) is 5.32 Å². The molecule has 2 aliphatic rings. The first-order valence-electron chi connectivity index (χ1n) is 8.53. The molecule has 2 amide bonds. The summed E-state index contributed by atoms with van der Waals surface area (Å²) in [4.78, 5) is 24.7. The predicted octanol–water partition coefficient (Wildman–Crippen LogP) is 2.50. The monoisotopic (exact) mass is 343 g/mol. The second-order valence-electron chi connectivity index (χ2n) is 6.58. The van der Waals surface area contributed by atoms with Crippen molar-refractivity contribution >= 4 is 17.7 Å². The minimum Gasteiger partial charge on any atom is -0.482 e. The maximum absolute atomic E-state index is 12.2. The third kappa shape index (κ3) is 4.02. The number of ether oxygens (including phenoxy) is 1. The Morgan fingerprint density at radius 2 is 2.12 bits per heavy atom. The molecule has 0 spiro atoms. The number of nitriles is 1. The summed E-state index contributed by atoms with van der Waals surface area (Å²) in [5.41, 5.74) is 1.17. The van der Waals surface area contributed by atoms with E-state index in [1.54, 1.807) is 23.1 Å². The standard InChI is InChI=1S/C18H21N3O4/c19-10-13-3-6-16-15(9-13)21(17(22)11-25-16)8-7-12-1-4-14(5-2-12)20-18(23)24/h3,6,9,12,14,20H,1-2,4-5,7-8,11H2,(H,23,24). The molecule has 1 aliphatic heterocycles. The number of rotatable bonds is 4. The molecule has 1 saturated carbocycles. The largest absolute Gasteiger partial charge is 0.482 e. The van der Waals surface area contributed by atoms with E-state index >= 15 is 0 Å². The molecule has 2 N–H and O–H groups in total. The van der Waals surface area contributed by atoms with Gasteiger partial charge >= 0.3 is 6.09 Å². The highest BCUT2D eigenvalue weighted by molar-refractivity contribution is 5.98. The highest BCUT2D eigenvalue weighted by Crippen LogP contribution is 2.34. The Morgan fingerprint density at radius 1 is 1.36 bits per heavy atom. The predicted molar refractivity (Wildman–Crippen MR) is 90.5 cm³/mol. The maximum Gasteiger partial charge on any atom is 0.404 e. The molecule has 7 heteroatoms. The van der Waals surface area contributed by atoms with E-state index in [2.05, 4.69) is 11.4 Å². The first-order valence-corrected chi connectivity index (χ1v) is 8.53. The summed E-state index contributed by atoms with van der Waals surface area (Å²) in [5.74, 6) is 1.02. The number of nitrogens with zero attached hydrogens (tertiary/aromatic N) is 2. The summed E-state index contributed by atoms with van der Waals surface area (Å²) in [5, 5.41) is 20.4. The van der Waals surface area contributed by atoms with Crippen LogP contribution in [0.4, 0.5) is 10.5 Å². The van der Waals surface area contributed by atoms with Crippen LogP contribution in [0.2, 0.25) is 0 Å². The van der Waals surface area contributed by atoms with Crippen molar-refractivity contribution in [2.75, 3.05) is 18.1 Å². The van der Waals surface area contributed by atoms with Gasteiger partial charge in [0.15, 0.2) is 6.61 Å². The van der Waals surface area contributed by atoms with Gasteiger partial charge in [-0.3, -0.25) is 4.79 Å². The normalized spacial score (nSPS) is 22.5. The number of carbonyl (C=O) groups is 2. The van der Waals surface area contributed by atoms with Crippen LogP contribution >= 0.6 is 0 Å². The van der Waals surface area contributed by atoms with Gasteiger partial charge in [-0.25, -0.2) is 4.79 Å². The van der Waals surface area contributed by atoms with Crippen LogP contribution in [0.25, 0.3) is 0 Å². The average molecular weight is 343 g/mol. The van der Waals surface area contributed by atoms with Gasteiger partial charge < -0.3 is 20.1 Å². The summed E-state index contributed by atoms with van der Waals surface area (Å²) in [6.07, 6.45) is 3.48. The number of hydrogen-bond donors (Lipinski definition) is 2. The molecule has 1 fully saturated rings. The molecule has 3 rings (SSSR count). The van der Waals surface area contributed by atoms with Gasteiger partial charge in [-0.2, -0.15) is 5.26 Å². The van der Waals surface area contributed by atoms with Crippen molar-refractivity contribution in [1.29, 1.82) is 5.26 Å².